The summed E-state index contributed by atoms with van der Waals surface area (Å²) >= 11 is 0. The Morgan fingerprint density at radius 3 is 2.12 bits per heavy atom. The van der Waals surface area contributed by atoms with Crippen LogP contribution in [0.1, 0.15) is 38.5 Å². The van der Waals surface area contributed by atoms with Crippen LogP contribution < -0.4 is 5.73 Å². The van der Waals surface area contributed by atoms with Gasteiger partial charge in [-0.2, -0.15) is 0 Å². The van der Waals surface area contributed by atoms with Crippen LogP contribution in [-0.2, 0) is 5.54 Å². The first-order chi connectivity index (χ1) is 7.75. The van der Waals surface area contributed by atoms with Crippen molar-refractivity contribution in [2.24, 2.45) is 17.8 Å². The normalized spacial score (nSPS) is 45.1. The molecule has 0 saturated heterocycles. The first kappa shape index (κ1) is 9.08. The maximum absolute atomic E-state index is 6.01. The summed E-state index contributed by atoms with van der Waals surface area (Å²) in [5.41, 5.74) is 6.36. The van der Waals surface area contributed by atoms with Gasteiger partial charge >= 0.3 is 0 Å². The Morgan fingerprint density at radius 1 is 1.12 bits per heavy atom. The number of nitrogen functional groups attached to an aromatic ring is 1. The Kier molecular flexibility index (Phi) is 1.60. The van der Waals surface area contributed by atoms with Crippen LogP contribution >= 0.6 is 0 Å². The average Bonchev–Trinajstić information content (AvgIpc) is 2.62. The Bertz CT molecular complexity index is 385. The van der Waals surface area contributed by atoms with Crippen molar-refractivity contribution in [3.05, 3.63) is 12.4 Å². The molecular weight excluding hydrogens is 198 g/mol. The van der Waals surface area contributed by atoms with E-state index in [0.29, 0.717) is 5.54 Å². The first-order valence-corrected chi connectivity index (χ1v) is 6.54. The number of nitrogens with zero attached hydrogens (tertiary/aromatic N) is 2. The summed E-state index contributed by atoms with van der Waals surface area (Å²) in [5.74, 6) is 3.62. The molecule has 4 bridgehead atoms. The van der Waals surface area contributed by atoms with Crippen molar-refractivity contribution in [2.75, 3.05) is 5.73 Å². The van der Waals surface area contributed by atoms with E-state index in [0.717, 1.165) is 23.7 Å². The molecular formula is C13H19N3. The molecule has 4 fully saturated rings. The highest BCUT2D eigenvalue weighted by atomic mass is 15.2. The topological polar surface area (TPSA) is 43.8 Å². The van der Waals surface area contributed by atoms with Crippen LogP contribution in [0.5, 0.6) is 0 Å². The van der Waals surface area contributed by atoms with Gasteiger partial charge in [0.25, 0.3) is 0 Å². The number of aromatic nitrogens is 2. The van der Waals surface area contributed by atoms with Gasteiger partial charge < -0.3 is 10.3 Å². The van der Waals surface area contributed by atoms with E-state index in [1.807, 2.05) is 6.20 Å². The van der Waals surface area contributed by atoms with Crippen LogP contribution in [0.15, 0.2) is 12.4 Å². The molecule has 86 valence electrons. The van der Waals surface area contributed by atoms with Crippen molar-refractivity contribution >= 4 is 5.95 Å². The Labute approximate surface area is 96.0 Å². The highest BCUT2D eigenvalue weighted by Gasteiger charge is 2.52. The lowest BCUT2D eigenvalue weighted by atomic mass is 9.53. The minimum absolute atomic E-state index is 0.343. The van der Waals surface area contributed by atoms with E-state index in [4.69, 9.17) is 5.73 Å². The Balaban J connectivity index is 1.79. The van der Waals surface area contributed by atoms with Crippen molar-refractivity contribution in [2.45, 2.75) is 44.1 Å². The van der Waals surface area contributed by atoms with Gasteiger partial charge in [0.05, 0.1) is 0 Å². The third kappa shape index (κ3) is 1.06. The quantitative estimate of drug-likeness (QED) is 0.785. The predicted octanol–water partition coefficient (Wildman–Crippen LogP) is 2.39. The molecule has 1 heterocycles. The summed E-state index contributed by atoms with van der Waals surface area (Å²) in [6.07, 6.45) is 12.4. The minimum Gasteiger partial charge on any atom is -0.369 e. The fourth-order valence-electron chi connectivity index (χ4n) is 5.08. The van der Waals surface area contributed by atoms with Crippen molar-refractivity contribution in [1.82, 2.24) is 9.55 Å². The number of rotatable bonds is 1. The summed E-state index contributed by atoms with van der Waals surface area (Å²) in [6.45, 7) is 0. The van der Waals surface area contributed by atoms with Gasteiger partial charge in [-0.15, -0.1) is 0 Å². The fraction of sp³-hybridized carbons (Fsp3) is 0.769. The second-order valence-electron chi connectivity index (χ2n) is 6.30. The zero-order chi connectivity index (χ0) is 10.8. The molecule has 4 aliphatic rings. The second-order valence-corrected chi connectivity index (χ2v) is 6.30. The third-order valence-corrected chi connectivity index (χ3v) is 5.19. The standard InChI is InChI=1S/C13H19N3/c14-12-15-1-2-16(12)13-6-9-3-10(7-13)5-11(4-9)8-13/h1-2,9-11H,3-8H2,(H2,14,15). The second kappa shape index (κ2) is 2.82. The molecule has 3 heteroatoms. The van der Waals surface area contributed by atoms with Crippen LogP contribution in [0.4, 0.5) is 5.95 Å². The third-order valence-electron chi connectivity index (χ3n) is 5.19. The van der Waals surface area contributed by atoms with E-state index >= 15 is 0 Å². The summed E-state index contributed by atoms with van der Waals surface area (Å²) in [7, 11) is 0. The monoisotopic (exact) mass is 217 g/mol. The molecule has 16 heavy (non-hydrogen) atoms. The number of hydrogen-bond acceptors (Lipinski definition) is 2. The average molecular weight is 217 g/mol. The van der Waals surface area contributed by atoms with Gasteiger partial charge in [0.15, 0.2) is 0 Å². The van der Waals surface area contributed by atoms with E-state index in [1.165, 1.54) is 38.5 Å². The largest absolute Gasteiger partial charge is 0.369 e. The molecule has 1 aromatic rings. The van der Waals surface area contributed by atoms with E-state index < -0.39 is 0 Å². The lowest BCUT2D eigenvalue weighted by molar-refractivity contribution is -0.0419. The van der Waals surface area contributed by atoms with Gasteiger partial charge in [-0.1, -0.05) is 0 Å². The molecule has 4 aliphatic carbocycles. The minimum atomic E-state index is 0.343. The van der Waals surface area contributed by atoms with E-state index in [-0.39, 0.29) is 0 Å². The highest BCUT2D eigenvalue weighted by Crippen LogP contribution is 2.59. The lowest BCUT2D eigenvalue weighted by Gasteiger charge is -2.57. The van der Waals surface area contributed by atoms with Crippen molar-refractivity contribution in [3.8, 4) is 0 Å². The summed E-state index contributed by atoms with van der Waals surface area (Å²) in [4.78, 5) is 4.21. The molecule has 4 saturated carbocycles. The molecule has 2 N–H and O–H groups in total. The molecule has 0 amide bonds. The zero-order valence-corrected chi connectivity index (χ0v) is 9.60. The van der Waals surface area contributed by atoms with Gasteiger partial charge in [0, 0.05) is 17.9 Å². The molecule has 0 atom stereocenters. The van der Waals surface area contributed by atoms with Crippen molar-refractivity contribution in [3.63, 3.8) is 0 Å². The highest BCUT2D eigenvalue weighted by molar-refractivity contribution is 5.22. The molecule has 0 aromatic carbocycles. The van der Waals surface area contributed by atoms with Gasteiger partial charge in [0.2, 0.25) is 5.95 Å². The number of anilines is 1. The first-order valence-electron chi connectivity index (χ1n) is 6.54. The molecule has 0 spiro atoms. The Hall–Kier alpha value is -0.990. The number of imidazole rings is 1. The van der Waals surface area contributed by atoms with Gasteiger partial charge in [-0.3, -0.25) is 0 Å². The van der Waals surface area contributed by atoms with Crippen molar-refractivity contribution < 1.29 is 0 Å². The lowest BCUT2D eigenvalue weighted by Crippen LogP contribution is -2.51. The molecule has 0 unspecified atom stereocenters. The molecule has 0 aliphatic heterocycles. The maximum atomic E-state index is 6.01. The van der Waals surface area contributed by atoms with Crippen LogP contribution in [0.2, 0.25) is 0 Å². The van der Waals surface area contributed by atoms with Gasteiger partial charge in [0.1, 0.15) is 0 Å². The SMILES string of the molecule is Nc1nccn1C12CC3CC(CC(C3)C1)C2. The van der Waals surface area contributed by atoms with E-state index in [1.54, 1.807) is 0 Å². The van der Waals surface area contributed by atoms with E-state index in [2.05, 4.69) is 15.7 Å². The summed E-state index contributed by atoms with van der Waals surface area (Å²) in [6, 6.07) is 0. The molecule has 1 aromatic heterocycles. The van der Waals surface area contributed by atoms with E-state index in [9.17, 15) is 0 Å². The van der Waals surface area contributed by atoms with Crippen LogP contribution in [0, 0.1) is 17.8 Å². The molecule has 0 radical (unpaired) electrons. The van der Waals surface area contributed by atoms with Gasteiger partial charge in [-0.25, -0.2) is 4.98 Å². The van der Waals surface area contributed by atoms with Crippen molar-refractivity contribution in [1.29, 1.82) is 0 Å². The molecule has 3 nitrogen and oxygen atoms in total. The fourth-order valence-corrected chi connectivity index (χ4v) is 5.08. The number of hydrogen-bond donors (Lipinski definition) is 1. The van der Waals surface area contributed by atoms with Crippen LogP contribution in [0.25, 0.3) is 0 Å². The maximum Gasteiger partial charge on any atom is 0.200 e. The summed E-state index contributed by atoms with van der Waals surface area (Å²) < 4.78 is 2.29. The number of nitrogens with two attached hydrogens (primary N) is 1. The summed E-state index contributed by atoms with van der Waals surface area (Å²) in [5, 5.41) is 0. The smallest absolute Gasteiger partial charge is 0.200 e. The van der Waals surface area contributed by atoms with Crippen LogP contribution in [0.3, 0.4) is 0 Å². The predicted molar refractivity (Wildman–Crippen MR) is 62.8 cm³/mol. The Morgan fingerprint density at radius 2 is 1.69 bits per heavy atom. The van der Waals surface area contributed by atoms with Crippen LogP contribution in [-0.4, -0.2) is 9.55 Å². The zero-order valence-electron chi connectivity index (χ0n) is 9.60. The molecule has 5 rings (SSSR count). The van der Waals surface area contributed by atoms with Gasteiger partial charge in [-0.05, 0) is 56.3 Å².